The van der Waals surface area contributed by atoms with Gasteiger partial charge < -0.3 is 10.2 Å². The molecule has 1 aromatic carbocycles. The summed E-state index contributed by atoms with van der Waals surface area (Å²) in [6, 6.07) is 7.05. The SMILES string of the molecule is CCC(=O)N[C@]1(C)C[C@H](C(=O)N2CCC3(CC2)CC(c2cc(C(C)(C)C)ccc2C)C3)C1. The number of benzene rings is 1. The molecule has 1 spiro atoms. The molecule has 1 saturated heterocycles. The topological polar surface area (TPSA) is 49.4 Å². The van der Waals surface area contributed by atoms with Crippen molar-refractivity contribution in [1.29, 1.82) is 0 Å². The molecule has 1 aliphatic heterocycles. The maximum absolute atomic E-state index is 13.0. The highest BCUT2D eigenvalue weighted by Gasteiger charge is 2.50. The van der Waals surface area contributed by atoms with Gasteiger partial charge in [0.1, 0.15) is 0 Å². The number of amides is 2. The third-order valence-electron chi connectivity index (χ3n) is 8.59. The van der Waals surface area contributed by atoms with Gasteiger partial charge >= 0.3 is 0 Å². The second-order valence-electron chi connectivity index (χ2n) is 12.3. The molecule has 176 valence electrons. The van der Waals surface area contributed by atoms with Crippen LogP contribution in [0.15, 0.2) is 18.2 Å². The number of nitrogens with one attached hydrogen (secondary N) is 1. The normalized spacial score (nSPS) is 27.6. The summed E-state index contributed by atoms with van der Waals surface area (Å²) in [4.78, 5) is 26.8. The number of rotatable bonds is 4. The summed E-state index contributed by atoms with van der Waals surface area (Å²) in [6.45, 7) is 14.9. The molecule has 0 aromatic heterocycles. The summed E-state index contributed by atoms with van der Waals surface area (Å²) in [6.07, 6.45) is 6.90. The van der Waals surface area contributed by atoms with Crippen LogP contribution in [0.5, 0.6) is 0 Å². The largest absolute Gasteiger partial charge is 0.351 e. The van der Waals surface area contributed by atoms with E-state index in [0.717, 1.165) is 38.8 Å². The van der Waals surface area contributed by atoms with Gasteiger partial charge in [0.05, 0.1) is 0 Å². The zero-order valence-electron chi connectivity index (χ0n) is 21.0. The summed E-state index contributed by atoms with van der Waals surface area (Å²) >= 11 is 0. The number of piperidine rings is 1. The Labute approximate surface area is 194 Å². The number of likely N-dealkylation sites (tertiary alicyclic amines) is 1. The van der Waals surface area contributed by atoms with Gasteiger partial charge in [-0.15, -0.1) is 0 Å². The zero-order valence-corrected chi connectivity index (χ0v) is 21.0. The van der Waals surface area contributed by atoms with Crippen molar-refractivity contribution in [2.75, 3.05) is 13.1 Å². The molecule has 0 radical (unpaired) electrons. The third-order valence-corrected chi connectivity index (χ3v) is 8.59. The van der Waals surface area contributed by atoms with E-state index in [1.165, 1.54) is 24.0 Å². The molecular weight excluding hydrogens is 396 g/mol. The van der Waals surface area contributed by atoms with E-state index < -0.39 is 0 Å². The van der Waals surface area contributed by atoms with Gasteiger partial charge in [-0.05, 0) is 85.8 Å². The second-order valence-corrected chi connectivity index (χ2v) is 12.3. The minimum Gasteiger partial charge on any atom is -0.351 e. The minimum atomic E-state index is -0.189. The smallest absolute Gasteiger partial charge is 0.225 e. The zero-order chi connectivity index (χ0) is 23.3. The van der Waals surface area contributed by atoms with Gasteiger partial charge in [0.25, 0.3) is 0 Å². The van der Waals surface area contributed by atoms with Crippen molar-refractivity contribution in [2.45, 2.75) is 103 Å². The van der Waals surface area contributed by atoms with Crippen molar-refractivity contribution < 1.29 is 9.59 Å². The Hall–Kier alpha value is -1.84. The fraction of sp³-hybridized carbons (Fsp3) is 0.714. The van der Waals surface area contributed by atoms with E-state index >= 15 is 0 Å². The lowest BCUT2D eigenvalue weighted by atomic mass is 9.55. The average molecular weight is 439 g/mol. The highest BCUT2D eigenvalue weighted by molar-refractivity contribution is 5.82. The molecule has 4 nitrogen and oxygen atoms in total. The summed E-state index contributed by atoms with van der Waals surface area (Å²) in [5.74, 6) is 1.16. The number of hydrogen-bond donors (Lipinski definition) is 1. The highest BCUT2D eigenvalue weighted by atomic mass is 16.2. The van der Waals surface area contributed by atoms with Crippen LogP contribution in [0, 0.1) is 18.3 Å². The van der Waals surface area contributed by atoms with E-state index in [0.29, 0.717) is 23.7 Å². The number of carbonyl (C=O) groups excluding carboxylic acids is 2. The Bertz CT molecular complexity index is 875. The van der Waals surface area contributed by atoms with Crippen LogP contribution in [-0.4, -0.2) is 35.3 Å². The average Bonchev–Trinajstić information content (AvgIpc) is 2.69. The van der Waals surface area contributed by atoms with Crippen molar-refractivity contribution in [3.05, 3.63) is 34.9 Å². The van der Waals surface area contributed by atoms with E-state index in [2.05, 4.69) is 63.0 Å². The first-order valence-corrected chi connectivity index (χ1v) is 12.6. The van der Waals surface area contributed by atoms with Crippen LogP contribution in [0.3, 0.4) is 0 Å². The Morgan fingerprint density at radius 1 is 1.09 bits per heavy atom. The summed E-state index contributed by atoms with van der Waals surface area (Å²) in [5.41, 5.74) is 4.84. The summed E-state index contributed by atoms with van der Waals surface area (Å²) < 4.78 is 0. The molecular formula is C28H42N2O2. The van der Waals surface area contributed by atoms with Crippen LogP contribution in [-0.2, 0) is 15.0 Å². The predicted molar refractivity (Wildman–Crippen MR) is 130 cm³/mol. The molecule has 3 aliphatic rings. The van der Waals surface area contributed by atoms with Crippen LogP contribution in [0.4, 0.5) is 0 Å². The Morgan fingerprint density at radius 3 is 2.28 bits per heavy atom. The first-order valence-electron chi connectivity index (χ1n) is 12.6. The molecule has 3 fully saturated rings. The number of aryl methyl sites for hydroxylation is 1. The van der Waals surface area contributed by atoms with Gasteiger partial charge in [0.2, 0.25) is 11.8 Å². The lowest BCUT2D eigenvalue weighted by Crippen LogP contribution is -2.59. The van der Waals surface area contributed by atoms with E-state index in [4.69, 9.17) is 0 Å². The van der Waals surface area contributed by atoms with Crippen LogP contribution in [0.2, 0.25) is 0 Å². The third kappa shape index (κ3) is 4.47. The van der Waals surface area contributed by atoms with Gasteiger partial charge in [0, 0.05) is 31.0 Å². The second kappa shape index (κ2) is 8.18. The number of nitrogens with zero attached hydrogens (tertiary/aromatic N) is 1. The molecule has 2 amide bonds. The van der Waals surface area contributed by atoms with Gasteiger partial charge in [0.15, 0.2) is 0 Å². The van der Waals surface area contributed by atoms with Crippen molar-refractivity contribution in [3.63, 3.8) is 0 Å². The molecule has 1 aromatic rings. The Kier molecular flexibility index (Phi) is 5.96. The number of carbonyl (C=O) groups is 2. The Balaban J connectivity index is 1.29. The van der Waals surface area contributed by atoms with E-state index in [9.17, 15) is 9.59 Å². The van der Waals surface area contributed by atoms with Gasteiger partial charge in [-0.25, -0.2) is 0 Å². The van der Waals surface area contributed by atoms with E-state index in [1.807, 2.05) is 6.92 Å². The molecule has 1 N–H and O–H groups in total. The minimum absolute atomic E-state index is 0.0844. The first kappa shape index (κ1) is 23.3. The Morgan fingerprint density at radius 2 is 1.72 bits per heavy atom. The van der Waals surface area contributed by atoms with Crippen molar-refractivity contribution in [2.24, 2.45) is 11.3 Å². The standard InChI is InChI=1S/C28H42N2O2/c1-7-24(31)29-27(6)15-21(16-27)25(32)30-12-10-28(11-13-30)17-20(18-28)23-14-22(26(3,4)5)9-8-19(23)2/h8-9,14,20-21H,7,10-13,15-18H2,1-6H3,(H,29,31)/t21-,27+. The quantitative estimate of drug-likeness (QED) is 0.677. The fourth-order valence-electron chi connectivity index (χ4n) is 6.35. The molecule has 32 heavy (non-hydrogen) atoms. The van der Waals surface area contributed by atoms with Gasteiger partial charge in [-0.3, -0.25) is 9.59 Å². The lowest BCUT2D eigenvalue weighted by molar-refractivity contribution is -0.146. The highest BCUT2D eigenvalue weighted by Crippen LogP contribution is 2.57. The van der Waals surface area contributed by atoms with Crippen LogP contribution < -0.4 is 5.32 Å². The van der Waals surface area contributed by atoms with E-state index in [-0.39, 0.29) is 22.8 Å². The van der Waals surface area contributed by atoms with Crippen LogP contribution in [0.25, 0.3) is 0 Å². The van der Waals surface area contributed by atoms with Gasteiger partial charge in [-0.2, -0.15) is 0 Å². The van der Waals surface area contributed by atoms with Crippen molar-refractivity contribution in [1.82, 2.24) is 10.2 Å². The fourth-order valence-corrected chi connectivity index (χ4v) is 6.35. The van der Waals surface area contributed by atoms with E-state index in [1.54, 1.807) is 5.56 Å². The molecule has 2 saturated carbocycles. The maximum Gasteiger partial charge on any atom is 0.225 e. The summed E-state index contributed by atoms with van der Waals surface area (Å²) in [5, 5.41) is 3.09. The van der Waals surface area contributed by atoms with Crippen LogP contribution in [0.1, 0.15) is 102 Å². The molecule has 0 unspecified atom stereocenters. The van der Waals surface area contributed by atoms with Crippen molar-refractivity contribution >= 4 is 11.8 Å². The molecule has 2 aliphatic carbocycles. The molecule has 4 rings (SSSR count). The summed E-state index contributed by atoms with van der Waals surface area (Å²) in [7, 11) is 0. The molecule has 0 bridgehead atoms. The lowest BCUT2D eigenvalue weighted by Gasteiger charge is -2.54. The maximum atomic E-state index is 13.0. The molecule has 0 atom stereocenters. The molecule has 4 heteroatoms. The predicted octanol–water partition coefficient (Wildman–Crippen LogP) is 5.47. The van der Waals surface area contributed by atoms with Crippen LogP contribution >= 0.6 is 0 Å². The first-order chi connectivity index (χ1) is 14.9. The van der Waals surface area contributed by atoms with Gasteiger partial charge in [-0.1, -0.05) is 45.9 Å². The monoisotopic (exact) mass is 438 g/mol. The molecule has 1 heterocycles. The number of hydrogen-bond acceptors (Lipinski definition) is 2. The van der Waals surface area contributed by atoms with Crippen molar-refractivity contribution in [3.8, 4) is 0 Å².